The first-order valence-corrected chi connectivity index (χ1v) is 7.28. The molecule has 0 aliphatic rings. The van der Waals surface area contributed by atoms with Crippen molar-refractivity contribution in [2.45, 2.75) is 19.4 Å². The molecule has 0 fully saturated rings. The van der Waals surface area contributed by atoms with Crippen LogP contribution in [-0.2, 0) is 6.42 Å². The van der Waals surface area contributed by atoms with E-state index in [4.69, 9.17) is 10.3 Å². The maximum Gasteiger partial charge on any atom is 0.248 e. The summed E-state index contributed by atoms with van der Waals surface area (Å²) < 4.78 is 5.28. The highest BCUT2D eigenvalue weighted by molar-refractivity contribution is 7.10. The van der Waals surface area contributed by atoms with E-state index in [0.29, 0.717) is 18.1 Å². The third-order valence-electron chi connectivity index (χ3n) is 3.21. The van der Waals surface area contributed by atoms with E-state index in [9.17, 15) is 0 Å². The molecule has 0 radical (unpaired) electrons. The lowest BCUT2D eigenvalue weighted by atomic mass is 10.1. The predicted octanol–water partition coefficient (Wildman–Crippen LogP) is 3.08. The van der Waals surface area contributed by atoms with Gasteiger partial charge in [0.1, 0.15) is 6.04 Å². The summed E-state index contributed by atoms with van der Waals surface area (Å²) in [5, 5.41) is 6.01. The highest BCUT2D eigenvalue weighted by Crippen LogP contribution is 2.22. The minimum Gasteiger partial charge on any atom is -0.337 e. The van der Waals surface area contributed by atoms with Crippen LogP contribution in [0.2, 0.25) is 0 Å². The van der Waals surface area contributed by atoms with Crippen molar-refractivity contribution in [1.82, 2.24) is 10.1 Å². The van der Waals surface area contributed by atoms with Crippen LogP contribution in [0.1, 0.15) is 33.8 Å². The molecule has 102 valence electrons. The first-order valence-electron chi connectivity index (χ1n) is 6.40. The maximum absolute atomic E-state index is 6.11. The summed E-state index contributed by atoms with van der Waals surface area (Å²) in [5.74, 6) is 1.14. The van der Waals surface area contributed by atoms with Gasteiger partial charge in [0.15, 0.2) is 5.82 Å². The number of benzene rings is 1. The standard InChI is InChI=1S/C15H15N3OS/c1-10-5-2-3-6-11(10)9-13-17-15(19-18-13)14(16)12-7-4-8-20-12/h2-8,14H,9,16H2,1H3. The smallest absolute Gasteiger partial charge is 0.248 e. The second-order valence-corrected chi connectivity index (χ2v) is 5.62. The Kier molecular flexibility index (Phi) is 3.62. The molecular weight excluding hydrogens is 270 g/mol. The Bertz CT molecular complexity index is 691. The molecular formula is C15H15N3OS. The third kappa shape index (κ3) is 2.64. The number of thiophene rings is 1. The van der Waals surface area contributed by atoms with Crippen LogP contribution in [0.5, 0.6) is 0 Å². The number of hydrogen-bond acceptors (Lipinski definition) is 5. The first-order chi connectivity index (χ1) is 9.74. The Morgan fingerprint density at radius 1 is 1.25 bits per heavy atom. The van der Waals surface area contributed by atoms with Gasteiger partial charge in [-0.3, -0.25) is 0 Å². The molecule has 4 nitrogen and oxygen atoms in total. The summed E-state index contributed by atoms with van der Waals surface area (Å²) in [6.45, 7) is 2.08. The normalized spacial score (nSPS) is 12.5. The molecule has 2 aromatic heterocycles. The summed E-state index contributed by atoms with van der Waals surface area (Å²) in [5.41, 5.74) is 8.53. The van der Waals surface area contributed by atoms with Crippen molar-refractivity contribution in [3.05, 3.63) is 69.5 Å². The maximum atomic E-state index is 6.11. The van der Waals surface area contributed by atoms with Crippen LogP contribution in [0.4, 0.5) is 0 Å². The molecule has 20 heavy (non-hydrogen) atoms. The van der Waals surface area contributed by atoms with Crippen LogP contribution in [-0.4, -0.2) is 10.1 Å². The molecule has 1 atom stereocenters. The lowest BCUT2D eigenvalue weighted by molar-refractivity contribution is 0.364. The number of aryl methyl sites for hydroxylation is 1. The van der Waals surface area contributed by atoms with E-state index in [-0.39, 0.29) is 6.04 Å². The van der Waals surface area contributed by atoms with Gasteiger partial charge >= 0.3 is 0 Å². The molecule has 0 aliphatic carbocycles. The molecule has 1 aromatic carbocycles. The minimum atomic E-state index is -0.340. The zero-order valence-corrected chi connectivity index (χ0v) is 11.9. The summed E-state index contributed by atoms with van der Waals surface area (Å²) in [7, 11) is 0. The second-order valence-electron chi connectivity index (χ2n) is 4.65. The van der Waals surface area contributed by atoms with Crippen molar-refractivity contribution in [2.75, 3.05) is 0 Å². The monoisotopic (exact) mass is 285 g/mol. The zero-order valence-electron chi connectivity index (χ0n) is 11.1. The summed E-state index contributed by atoms with van der Waals surface area (Å²) in [6.07, 6.45) is 0.660. The fraction of sp³-hybridized carbons (Fsp3) is 0.200. The molecule has 0 amide bonds. The molecule has 0 saturated heterocycles. The first kappa shape index (κ1) is 13.0. The fourth-order valence-electron chi connectivity index (χ4n) is 2.03. The number of rotatable bonds is 4. The molecule has 1 unspecified atom stereocenters. The average molecular weight is 285 g/mol. The minimum absolute atomic E-state index is 0.340. The van der Waals surface area contributed by atoms with Crippen LogP contribution < -0.4 is 5.73 Å². The van der Waals surface area contributed by atoms with Gasteiger partial charge in [0.05, 0.1) is 0 Å². The van der Waals surface area contributed by atoms with Gasteiger partial charge in [0.2, 0.25) is 5.89 Å². The lowest BCUT2D eigenvalue weighted by Crippen LogP contribution is -2.10. The van der Waals surface area contributed by atoms with Crippen LogP contribution >= 0.6 is 11.3 Å². The SMILES string of the molecule is Cc1ccccc1Cc1noc(C(N)c2cccs2)n1. The van der Waals surface area contributed by atoms with Gasteiger partial charge in [0, 0.05) is 11.3 Å². The highest BCUT2D eigenvalue weighted by Gasteiger charge is 2.17. The van der Waals surface area contributed by atoms with Crippen molar-refractivity contribution in [2.24, 2.45) is 5.73 Å². The summed E-state index contributed by atoms with van der Waals surface area (Å²) >= 11 is 1.59. The quantitative estimate of drug-likeness (QED) is 0.800. The van der Waals surface area contributed by atoms with Crippen molar-refractivity contribution >= 4 is 11.3 Å². The van der Waals surface area contributed by atoms with E-state index >= 15 is 0 Å². The molecule has 3 aromatic rings. The van der Waals surface area contributed by atoms with E-state index in [1.54, 1.807) is 11.3 Å². The van der Waals surface area contributed by atoms with Gasteiger partial charge in [-0.1, -0.05) is 35.5 Å². The van der Waals surface area contributed by atoms with Gasteiger partial charge < -0.3 is 10.3 Å². The molecule has 0 aliphatic heterocycles. The van der Waals surface area contributed by atoms with Gasteiger partial charge in [0.25, 0.3) is 0 Å². The van der Waals surface area contributed by atoms with Crippen LogP contribution in [0.3, 0.4) is 0 Å². The Hall–Kier alpha value is -1.98. The molecule has 0 spiro atoms. The summed E-state index contributed by atoms with van der Waals surface area (Å²) in [6, 6.07) is 11.8. The Morgan fingerprint density at radius 3 is 2.85 bits per heavy atom. The number of nitrogens with two attached hydrogens (primary N) is 1. The number of aromatic nitrogens is 2. The molecule has 0 bridgehead atoms. The Labute approximate surface area is 121 Å². The van der Waals surface area contributed by atoms with Crippen LogP contribution in [0.25, 0.3) is 0 Å². The largest absolute Gasteiger partial charge is 0.337 e. The fourth-order valence-corrected chi connectivity index (χ4v) is 2.75. The molecule has 3 rings (SSSR count). The predicted molar refractivity (Wildman–Crippen MR) is 78.6 cm³/mol. The van der Waals surface area contributed by atoms with Crippen molar-refractivity contribution in [3.8, 4) is 0 Å². The van der Waals surface area contributed by atoms with Gasteiger partial charge in [-0.15, -0.1) is 11.3 Å². The molecule has 2 N–H and O–H groups in total. The van der Waals surface area contributed by atoms with E-state index in [2.05, 4.69) is 29.2 Å². The second kappa shape index (κ2) is 5.56. The number of hydrogen-bond donors (Lipinski definition) is 1. The highest BCUT2D eigenvalue weighted by atomic mass is 32.1. The van der Waals surface area contributed by atoms with Gasteiger partial charge in [-0.25, -0.2) is 0 Å². The van der Waals surface area contributed by atoms with Crippen LogP contribution in [0, 0.1) is 6.92 Å². The topological polar surface area (TPSA) is 64.9 Å². The molecule has 0 saturated carbocycles. The summed E-state index contributed by atoms with van der Waals surface area (Å²) in [4.78, 5) is 5.43. The van der Waals surface area contributed by atoms with E-state index < -0.39 is 0 Å². The Balaban J connectivity index is 1.79. The van der Waals surface area contributed by atoms with Crippen molar-refractivity contribution in [1.29, 1.82) is 0 Å². The number of nitrogens with zero attached hydrogens (tertiary/aromatic N) is 2. The van der Waals surface area contributed by atoms with Crippen molar-refractivity contribution in [3.63, 3.8) is 0 Å². The van der Waals surface area contributed by atoms with Gasteiger partial charge in [-0.05, 0) is 29.5 Å². The third-order valence-corrected chi connectivity index (χ3v) is 4.16. The van der Waals surface area contributed by atoms with E-state index in [1.807, 2.05) is 29.6 Å². The van der Waals surface area contributed by atoms with Crippen molar-refractivity contribution < 1.29 is 4.52 Å². The van der Waals surface area contributed by atoms with E-state index in [0.717, 1.165) is 4.88 Å². The van der Waals surface area contributed by atoms with Crippen LogP contribution in [0.15, 0.2) is 46.3 Å². The van der Waals surface area contributed by atoms with E-state index in [1.165, 1.54) is 11.1 Å². The molecule has 2 heterocycles. The zero-order chi connectivity index (χ0) is 13.9. The average Bonchev–Trinajstić information content (AvgIpc) is 3.12. The lowest BCUT2D eigenvalue weighted by Gasteiger charge is -2.02. The van der Waals surface area contributed by atoms with Gasteiger partial charge in [-0.2, -0.15) is 4.98 Å². The molecule has 5 heteroatoms. The Morgan fingerprint density at radius 2 is 2.10 bits per heavy atom.